The zero-order valence-corrected chi connectivity index (χ0v) is 17.8. The molecule has 2 aliphatic heterocycles. The molecule has 1 atom stereocenters. The molecule has 2 aliphatic rings. The molecule has 9 nitrogen and oxygen atoms in total. The molecule has 2 fully saturated rings. The van der Waals surface area contributed by atoms with Crippen molar-refractivity contribution in [3.8, 4) is 0 Å². The lowest BCUT2D eigenvalue weighted by Crippen LogP contribution is -2.52. The molecule has 2 aromatic heterocycles. The molecule has 1 amide bonds. The Labute approximate surface area is 185 Å². The number of aliphatic carboxylic acids is 1. The van der Waals surface area contributed by atoms with Gasteiger partial charge in [0.2, 0.25) is 5.13 Å². The first-order chi connectivity index (χ1) is 15.2. The van der Waals surface area contributed by atoms with Gasteiger partial charge in [-0.3, -0.25) is 9.78 Å². The molecular weight excluding hydrogens is 451 g/mol. The van der Waals surface area contributed by atoms with Gasteiger partial charge in [0.1, 0.15) is 5.51 Å². The highest BCUT2D eigenvalue weighted by atomic mass is 32.1. The minimum Gasteiger partial charge on any atom is -0.475 e. The summed E-state index contributed by atoms with van der Waals surface area (Å²) in [5, 5.41) is 16.2. The fourth-order valence-electron chi connectivity index (χ4n) is 3.76. The first-order valence-corrected chi connectivity index (χ1v) is 10.7. The van der Waals surface area contributed by atoms with E-state index in [1.54, 1.807) is 35.3 Å². The normalized spacial score (nSPS) is 21.5. The van der Waals surface area contributed by atoms with Crippen molar-refractivity contribution in [2.45, 2.75) is 19.0 Å². The molecule has 4 rings (SSSR count). The van der Waals surface area contributed by atoms with Crippen molar-refractivity contribution in [2.75, 3.05) is 44.3 Å². The Hall–Kier alpha value is -2.80. The van der Waals surface area contributed by atoms with Gasteiger partial charge in [-0.1, -0.05) is 11.3 Å². The summed E-state index contributed by atoms with van der Waals surface area (Å²) >= 11 is 1.55. The quantitative estimate of drug-likeness (QED) is 0.708. The van der Waals surface area contributed by atoms with Gasteiger partial charge < -0.3 is 19.6 Å². The largest absolute Gasteiger partial charge is 0.490 e. The second-order valence-electron chi connectivity index (χ2n) is 7.57. The van der Waals surface area contributed by atoms with Gasteiger partial charge >= 0.3 is 12.1 Å². The fraction of sp³-hybridized carbons (Fsp3) is 0.526. The van der Waals surface area contributed by atoms with E-state index < -0.39 is 12.1 Å². The van der Waals surface area contributed by atoms with E-state index in [0.29, 0.717) is 25.3 Å². The van der Waals surface area contributed by atoms with Crippen molar-refractivity contribution in [2.24, 2.45) is 5.41 Å². The minimum atomic E-state index is -5.08. The fourth-order valence-corrected chi connectivity index (χ4v) is 4.35. The maximum atomic E-state index is 12.8. The monoisotopic (exact) mass is 473 g/mol. The number of carbonyl (C=O) groups excluding carboxylic acids is 1. The van der Waals surface area contributed by atoms with Gasteiger partial charge in [0.05, 0.1) is 18.8 Å². The van der Waals surface area contributed by atoms with Gasteiger partial charge in [-0.25, -0.2) is 4.79 Å². The minimum absolute atomic E-state index is 0.0545. The summed E-state index contributed by atoms with van der Waals surface area (Å²) in [6.07, 6.45) is 0.284. The van der Waals surface area contributed by atoms with Crippen LogP contribution in [-0.2, 0) is 9.53 Å². The number of carboxylic acids is 1. The van der Waals surface area contributed by atoms with Crippen LogP contribution in [0.3, 0.4) is 0 Å². The number of alkyl halides is 3. The molecule has 2 aromatic rings. The number of carboxylic acid groups (broad SMARTS) is 1. The van der Waals surface area contributed by atoms with Gasteiger partial charge in [0.25, 0.3) is 5.91 Å². The van der Waals surface area contributed by atoms with Crippen molar-refractivity contribution < 1.29 is 32.6 Å². The van der Waals surface area contributed by atoms with E-state index in [4.69, 9.17) is 14.6 Å². The summed E-state index contributed by atoms with van der Waals surface area (Å²) in [7, 11) is 0. The summed E-state index contributed by atoms with van der Waals surface area (Å²) in [4.78, 5) is 30.0. The van der Waals surface area contributed by atoms with E-state index in [1.807, 2.05) is 11.0 Å². The maximum absolute atomic E-state index is 12.8. The molecular formula is C19H22F3N5O4S. The van der Waals surface area contributed by atoms with Crippen LogP contribution in [0, 0.1) is 5.41 Å². The van der Waals surface area contributed by atoms with Crippen LogP contribution in [-0.4, -0.2) is 82.6 Å². The molecule has 174 valence electrons. The lowest BCUT2D eigenvalue weighted by molar-refractivity contribution is -0.192. The van der Waals surface area contributed by atoms with Crippen LogP contribution in [0.1, 0.15) is 23.2 Å². The molecule has 32 heavy (non-hydrogen) atoms. The molecule has 4 heterocycles. The van der Waals surface area contributed by atoms with E-state index in [0.717, 1.165) is 37.6 Å². The average Bonchev–Trinajstić information content (AvgIpc) is 3.24. The summed E-state index contributed by atoms with van der Waals surface area (Å²) in [6, 6.07) is 3.63. The van der Waals surface area contributed by atoms with Gasteiger partial charge in [-0.2, -0.15) is 13.2 Å². The van der Waals surface area contributed by atoms with Crippen LogP contribution in [0.5, 0.6) is 0 Å². The van der Waals surface area contributed by atoms with Crippen molar-refractivity contribution in [3.63, 3.8) is 0 Å². The molecule has 0 bridgehead atoms. The second kappa shape index (κ2) is 10.2. The van der Waals surface area contributed by atoms with Crippen LogP contribution in [0.2, 0.25) is 0 Å². The first kappa shape index (κ1) is 23.9. The number of amides is 1. The van der Waals surface area contributed by atoms with E-state index >= 15 is 0 Å². The molecule has 1 spiro atoms. The Morgan fingerprint density at radius 3 is 2.66 bits per heavy atom. The summed E-state index contributed by atoms with van der Waals surface area (Å²) < 4.78 is 37.7. The standard InChI is InChI=1S/C17H21N5O2S.C2HF3O2/c23-15(14-3-1-5-18-9-14)21-6-2-4-17(10-21)11-22(7-8-24-12-17)16-20-19-13-25-16;3-2(4,5)1(6)7/h1,3,5,9,13H,2,4,6-8,10-12H2;(H,6,7). The number of nitrogens with zero attached hydrogens (tertiary/aromatic N) is 5. The second-order valence-corrected chi connectivity index (χ2v) is 8.38. The Kier molecular flexibility index (Phi) is 7.61. The number of ether oxygens (including phenoxy) is 1. The van der Waals surface area contributed by atoms with Crippen molar-refractivity contribution in [3.05, 3.63) is 35.6 Å². The van der Waals surface area contributed by atoms with Crippen molar-refractivity contribution >= 4 is 28.3 Å². The number of piperidine rings is 1. The third-order valence-corrected chi connectivity index (χ3v) is 5.91. The van der Waals surface area contributed by atoms with Crippen LogP contribution in [0.4, 0.5) is 18.3 Å². The summed E-state index contributed by atoms with van der Waals surface area (Å²) in [6.45, 7) is 4.51. The Bertz CT molecular complexity index is 900. The third-order valence-electron chi connectivity index (χ3n) is 5.16. The number of hydrogen-bond acceptors (Lipinski definition) is 8. The van der Waals surface area contributed by atoms with Gasteiger partial charge in [0, 0.05) is 44.0 Å². The zero-order valence-electron chi connectivity index (χ0n) is 17.0. The molecule has 0 radical (unpaired) electrons. The SMILES string of the molecule is O=C(O)C(F)(F)F.O=C(c1cccnc1)N1CCCC2(COCCN(c3nncs3)C2)C1. The van der Waals surface area contributed by atoms with E-state index in [-0.39, 0.29) is 11.3 Å². The number of hydrogen-bond donors (Lipinski definition) is 1. The van der Waals surface area contributed by atoms with E-state index in [1.165, 1.54) is 0 Å². The number of rotatable bonds is 2. The molecule has 0 aromatic carbocycles. The van der Waals surface area contributed by atoms with E-state index in [2.05, 4.69) is 20.1 Å². The predicted octanol–water partition coefficient (Wildman–Crippen LogP) is 2.33. The number of anilines is 1. The van der Waals surface area contributed by atoms with E-state index in [9.17, 15) is 18.0 Å². The molecule has 0 saturated carbocycles. The molecule has 1 unspecified atom stereocenters. The van der Waals surface area contributed by atoms with Crippen LogP contribution >= 0.6 is 11.3 Å². The molecule has 13 heteroatoms. The maximum Gasteiger partial charge on any atom is 0.490 e. The van der Waals surface area contributed by atoms with Crippen LogP contribution in [0.25, 0.3) is 0 Å². The van der Waals surface area contributed by atoms with Gasteiger partial charge in [-0.05, 0) is 25.0 Å². The highest BCUT2D eigenvalue weighted by molar-refractivity contribution is 7.13. The number of pyridine rings is 1. The lowest BCUT2D eigenvalue weighted by atomic mass is 9.80. The van der Waals surface area contributed by atoms with Crippen LogP contribution in [0.15, 0.2) is 30.0 Å². The van der Waals surface area contributed by atoms with Crippen LogP contribution < -0.4 is 4.90 Å². The summed E-state index contributed by atoms with van der Waals surface area (Å²) in [5.41, 5.74) is 2.35. The molecule has 1 N–H and O–H groups in total. The number of halogens is 3. The third kappa shape index (κ3) is 6.13. The summed E-state index contributed by atoms with van der Waals surface area (Å²) in [5.74, 6) is -2.70. The first-order valence-electron chi connectivity index (χ1n) is 9.78. The topological polar surface area (TPSA) is 109 Å². The molecule has 2 saturated heterocycles. The Morgan fingerprint density at radius 1 is 1.25 bits per heavy atom. The lowest BCUT2D eigenvalue weighted by Gasteiger charge is -2.43. The smallest absolute Gasteiger partial charge is 0.475 e. The number of likely N-dealkylation sites (tertiary alicyclic amines) is 1. The highest BCUT2D eigenvalue weighted by Crippen LogP contribution is 2.35. The molecule has 0 aliphatic carbocycles. The Morgan fingerprint density at radius 2 is 2.03 bits per heavy atom. The van der Waals surface area contributed by atoms with Gasteiger partial charge in [0.15, 0.2) is 0 Å². The predicted molar refractivity (Wildman–Crippen MR) is 108 cm³/mol. The van der Waals surface area contributed by atoms with Gasteiger partial charge in [-0.15, -0.1) is 10.2 Å². The highest BCUT2D eigenvalue weighted by Gasteiger charge is 2.41. The zero-order chi connectivity index (χ0) is 23.2. The van der Waals surface area contributed by atoms with Crippen molar-refractivity contribution in [1.82, 2.24) is 20.1 Å². The Balaban J connectivity index is 0.000000360. The number of aromatic nitrogens is 3. The number of carbonyl (C=O) groups is 2. The van der Waals surface area contributed by atoms with Crippen molar-refractivity contribution in [1.29, 1.82) is 0 Å². The average molecular weight is 473 g/mol.